The van der Waals surface area contributed by atoms with Crippen molar-refractivity contribution in [3.63, 3.8) is 0 Å². The first kappa shape index (κ1) is 27.3. The second-order valence-corrected chi connectivity index (χ2v) is 12.0. The highest BCUT2D eigenvalue weighted by Gasteiger charge is 2.19. The zero-order valence-electron chi connectivity index (χ0n) is 26.1. The zero-order chi connectivity index (χ0) is 32.3. The lowest BCUT2D eigenvalue weighted by Gasteiger charge is -2.09. The highest BCUT2D eigenvalue weighted by Crippen LogP contribution is 2.37. The third-order valence-corrected chi connectivity index (χ3v) is 9.20. The summed E-state index contributed by atoms with van der Waals surface area (Å²) in [6.45, 7) is 0. The Morgan fingerprint density at radius 3 is 1.92 bits per heavy atom. The maximum Gasteiger partial charge on any atom is 0.248 e. The number of hydrogen-bond donors (Lipinski definition) is 0. The molecule has 0 radical (unpaired) electrons. The molecule has 7 nitrogen and oxygen atoms in total. The van der Waals surface area contributed by atoms with Gasteiger partial charge in [0.05, 0.1) is 27.8 Å². The van der Waals surface area contributed by atoms with Crippen molar-refractivity contribution in [3.8, 4) is 45.7 Å². The maximum absolute atomic E-state index is 6.38. The molecule has 0 saturated heterocycles. The SMILES string of the molecule is c1ccc(-n2c3ccccc3c3ccc(-c4nnc(-c5ccc6c(c5)c5ccccc5n6-c5cccc(-c6cccnc6)n5)o4)cc32)cc1. The van der Waals surface area contributed by atoms with E-state index in [0.29, 0.717) is 11.8 Å². The van der Waals surface area contributed by atoms with Gasteiger partial charge in [-0.15, -0.1) is 10.2 Å². The van der Waals surface area contributed by atoms with Crippen molar-refractivity contribution in [1.82, 2.24) is 29.3 Å². The first-order chi connectivity index (χ1) is 24.3. The summed E-state index contributed by atoms with van der Waals surface area (Å²) in [5.74, 6) is 1.78. The highest BCUT2D eigenvalue weighted by atomic mass is 16.4. The van der Waals surface area contributed by atoms with E-state index in [2.05, 4.69) is 127 Å². The van der Waals surface area contributed by atoms with Crippen molar-refractivity contribution in [2.75, 3.05) is 0 Å². The number of para-hydroxylation sites is 3. The van der Waals surface area contributed by atoms with Gasteiger partial charge in [-0.3, -0.25) is 9.55 Å². The van der Waals surface area contributed by atoms with E-state index < -0.39 is 0 Å². The number of fused-ring (bicyclic) bond motifs is 6. The van der Waals surface area contributed by atoms with Gasteiger partial charge in [0.2, 0.25) is 11.8 Å². The monoisotopic (exact) mass is 630 g/mol. The molecule has 0 aliphatic rings. The van der Waals surface area contributed by atoms with Gasteiger partial charge in [-0.1, -0.05) is 66.7 Å². The second-order valence-electron chi connectivity index (χ2n) is 12.0. The molecule has 5 aromatic heterocycles. The largest absolute Gasteiger partial charge is 0.416 e. The van der Waals surface area contributed by atoms with Crippen molar-refractivity contribution in [1.29, 1.82) is 0 Å². The number of rotatable bonds is 5. The molecule has 230 valence electrons. The summed E-state index contributed by atoms with van der Waals surface area (Å²) in [4.78, 5) is 9.33. The Kier molecular flexibility index (Phi) is 6.04. The molecule has 10 aromatic rings. The third-order valence-electron chi connectivity index (χ3n) is 9.20. The lowest BCUT2D eigenvalue weighted by molar-refractivity contribution is 0.585. The zero-order valence-corrected chi connectivity index (χ0v) is 26.1. The minimum absolute atomic E-state index is 0.467. The first-order valence-corrected chi connectivity index (χ1v) is 16.1. The van der Waals surface area contributed by atoms with Crippen LogP contribution < -0.4 is 0 Å². The number of nitrogens with zero attached hydrogens (tertiary/aromatic N) is 6. The Hall–Kier alpha value is -6.86. The van der Waals surface area contributed by atoms with Gasteiger partial charge in [-0.2, -0.15) is 0 Å². The summed E-state index contributed by atoms with van der Waals surface area (Å²) in [5.41, 5.74) is 9.00. The van der Waals surface area contributed by atoms with Gasteiger partial charge in [-0.05, 0) is 78.9 Å². The molecule has 49 heavy (non-hydrogen) atoms. The van der Waals surface area contributed by atoms with Crippen LogP contribution in [-0.4, -0.2) is 29.3 Å². The van der Waals surface area contributed by atoms with Gasteiger partial charge in [0.15, 0.2) is 0 Å². The lowest BCUT2D eigenvalue weighted by atomic mass is 10.1. The van der Waals surface area contributed by atoms with Gasteiger partial charge in [0, 0.05) is 56.3 Å². The smallest absolute Gasteiger partial charge is 0.248 e. The van der Waals surface area contributed by atoms with Crippen LogP contribution in [0.15, 0.2) is 162 Å². The van der Waals surface area contributed by atoms with Crippen LogP contribution in [0.5, 0.6) is 0 Å². The van der Waals surface area contributed by atoms with Gasteiger partial charge < -0.3 is 8.98 Å². The van der Waals surface area contributed by atoms with Gasteiger partial charge in [0.25, 0.3) is 0 Å². The maximum atomic E-state index is 6.38. The third kappa shape index (κ3) is 4.37. The predicted octanol–water partition coefficient (Wildman–Crippen LogP) is 10.1. The van der Waals surface area contributed by atoms with Gasteiger partial charge in [-0.25, -0.2) is 4.98 Å². The summed E-state index contributed by atoms with van der Waals surface area (Å²) in [7, 11) is 0. The molecule has 0 aliphatic heterocycles. The quantitative estimate of drug-likeness (QED) is 0.189. The average Bonchev–Trinajstić information content (AvgIpc) is 3.88. The Labute approximate surface area is 280 Å². The molecule has 0 fully saturated rings. The van der Waals surface area contributed by atoms with E-state index in [-0.39, 0.29) is 0 Å². The molecule has 0 N–H and O–H groups in total. The highest BCUT2D eigenvalue weighted by molar-refractivity contribution is 6.11. The first-order valence-electron chi connectivity index (χ1n) is 16.1. The molecule has 7 heteroatoms. The van der Waals surface area contributed by atoms with Crippen LogP contribution in [-0.2, 0) is 0 Å². The lowest BCUT2D eigenvalue weighted by Crippen LogP contribution is -1.98. The van der Waals surface area contributed by atoms with Crippen molar-refractivity contribution in [2.45, 2.75) is 0 Å². The Morgan fingerprint density at radius 2 is 1.12 bits per heavy atom. The standard InChI is InChI=1S/C42H26N6O/c1-2-11-30(12-3-1)47-36-16-6-4-13-31(36)33-21-19-28(25-39(33)47)42-46-45-41(49-42)27-20-22-38-34(24-27)32-14-5-7-17-37(32)48(38)40-18-8-15-35(44-40)29-10-9-23-43-26-29/h1-26H. The van der Waals surface area contributed by atoms with Crippen LogP contribution in [0, 0.1) is 0 Å². The molecular weight excluding hydrogens is 605 g/mol. The van der Waals surface area contributed by atoms with Gasteiger partial charge >= 0.3 is 0 Å². The molecule has 0 spiro atoms. The molecule has 0 atom stereocenters. The van der Waals surface area contributed by atoms with E-state index in [1.165, 1.54) is 10.8 Å². The van der Waals surface area contributed by atoms with E-state index in [0.717, 1.165) is 66.7 Å². The fraction of sp³-hybridized carbons (Fsp3) is 0. The summed E-state index contributed by atoms with van der Waals surface area (Å²) >= 11 is 0. The fourth-order valence-electron chi connectivity index (χ4n) is 6.99. The normalized spacial score (nSPS) is 11.7. The molecule has 0 bridgehead atoms. The van der Waals surface area contributed by atoms with Crippen molar-refractivity contribution < 1.29 is 4.42 Å². The summed E-state index contributed by atoms with van der Waals surface area (Å²) in [6.07, 6.45) is 3.61. The number of pyridine rings is 2. The number of benzene rings is 5. The molecule has 0 aliphatic carbocycles. The van der Waals surface area contributed by atoms with Crippen LogP contribution in [0.3, 0.4) is 0 Å². The summed E-state index contributed by atoms with van der Waals surface area (Å²) in [6, 6.07) is 50.0. The second kappa shape index (κ2) is 10.9. The predicted molar refractivity (Wildman–Crippen MR) is 195 cm³/mol. The molecule has 0 amide bonds. The van der Waals surface area contributed by atoms with Crippen LogP contribution in [0.2, 0.25) is 0 Å². The summed E-state index contributed by atoms with van der Waals surface area (Å²) < 4.78 is 10.9. The van der Waals surface area contributed by atoms with E-state index in [4.69, 9.17) is 9.40 Å². The summed E-state index contributed by atoms with van der Waals surface area (Å²) in [5, 5.41) is 13.6. The molecule has 10 rings (SSSR count). The van der Waals surface area contributed by atoms with E-state index >= 15 is 0 Å². The molecule has 5 aromatic carbocycles. The average molecular weight is 631 g/mol. The van der Waals surface area contributed by atoms with Crippen molar-refractivity contribution >= 4 is 43.6 Å². The van der Waals surface area contributed by atoms with Gasteiger partial charge in [0.1, 0.15) is 5.82 Å². The van der Waals surface area contributed by atoms with Crippen LogP contribution in [0.4, 0.5) is 0 Å². The van der Waals surface area contributed by atoms with E-state index in [9.17, 15) is 0 Å². The van der Waals surface area contributed by atoms with Crippen LogP contribution in [0.25, 0.3) is 89.3 Å². The molecular formula is C42H26N6O. The number of hydrogen-bond acceptors (Lipinski definition) is 5. The Balaban J connectivity index is 1.08. The Bertz CT molecular complexity index is 2830. The Morgan fingerprint density at radius 1 is 0.449 bits per heavy atom. The van der Waals surface area contributed by atoms with Crippen LogP contribution in [0.1, 0.15) is 0 Å². The topological polar surface area (TPSA) is 74.6 Å². The minimum atomic E-state index is 0.467. The minimum Gasteiger partial charge on any atom is -0.416 e. The van der Waals surface area contributed by atoms with E-state index in [1.54, 1.807) is 6.20 Å². The molecule has 0 unspecified atom stereocenters. The van der Waals surface area contributed by atoms with Crippen molar-refractivity contribution in [2.24, 2.45) is 0 Å². The van der Waals surface area contributed by atoms with Crippen molar-refractivity contribution in [3.05, 3.63) is 158 Å². The fourth-order valence-corrected chi connectivity index (χ4v) is 6.99. The van der Waals surface area contributed by atoms with Crippen LogP contribution >= 0.6 is 0 Å². The number of aromatic nitrogens is 6. The molecule has 0 saturated carbocycles. The molecule has 5 heterocycles. The van der Waals surface area contributed by atoms with E-state index in [1.807, 2.05) is 48.7 Å².